The molecule has 0 heterocycles. The van der Waals surface area contributed by atoms with Crippen molar-refractivity contribution in [3.63, 3.8) is 0 Å². The first kappa shape index (κ1) is 21.0. The number of rotatable bonds is 4. The van der Waals surface area contributed by atoms with Gasteiger partial charge < -0.3 is 5.32 Å². The number of nitrogens with one attached hydrogen (secondary N) is 1. The van der Waals surface area contributed by atoms with Crippen LogP contribution in [0.15, 0.2) is 12.2 Å². The van der Waals surface area contributed by atoms with Gasteiger partial charge in [-0.2, -0.15) is 0 Å². The Balaban J connectivity index is 0. The number of hydrogen-bond donors (Lipinski definition) is 1. The number of hydrogen-bond acceptors (Lipinski definition) is 1. The Hall–Kier alpha value is -0.300. The minimum Gasteiger partial charge on any atom is -0.320 e. The van der Waals surface area contributed by atoms with Gasteiger partial charge in [-0.25, -0.2) is 0 Å². The van der Waals surface area contributed by atoms with Crippen LogP contribution in [0.3, 0.4) is 0 Å². The molecule has 1 heteroatoms. The van der Waals surface area contributed by atoms with Crippen molar-refractivity contribution in [2.45, 2.75) is 79.6 Å². The van der Waals surface area contributed by atoms with Crippen LogP contribution >= 0.6 is 0 Å². The van der Waals surface area contributed by atoms with Gasteiger partial charge in [-0.15, -0.1) is 0 Å². The second-order valence-corrected chi connectivity index (χ2v) is 6.18. The fourth-order valence-electron chi connectivity index (χ4n) is 2.05. The molecule has 1 aliphatic rings. The highest BCUT2D eigenvalue weighted by molar-refractivity contribution is 5.00. The molecule has 0 saturated heterocycles. The van der Waals surface area contributed by atoms with E-state index < -0.39 is 0 Å². The fraction of sp³-hybridized carbons (Fsp3) is 0.889. The van der Waals surface area contributed by atoms with E-state index in [1.54, 1.807) is 0 Å². The van der Waals surface area contributed by atoms with Gasteiger partial charge in [0.1, 0.15) is 0 Å². The Bertz CT molecular complexity index is 173. The molecule has 0 aliphatic heterocycles. The van der Waals surface area contributed by atoms with Gasteiger partial charge in [-0.3, -0.25) is 0 Å². The van der Waals surface area contributed by atoms with Crippen molar-refractivity contribution < 1.29 is 0 Å². The van der Waals surface area contributed by atoms with Crippen LogP contribution in [0.5, 0.6) is 0 Å². The molecule has 0 aromatic rings. The third-order valence-electron chi connectivity index (χ3n) is 3.14. The molecule has 1 fully saturated rings. The molecular formula is C18H39N. The maximum Gasteiger partial charge on any atom is -0.00546 e. The zero-order valence-electron chi connectivity index (χ0n) is 14.5. The van der Waals surface area contributed by atoms with E-state index in [2.05, 4.69) is 46.5 Å². The van der Waals surface area contributed by atoms with Crippen LogP contribution in [-0.2, 0) is 0 Å². The average Bonchev–Trinajstić information content (AvgIpc) is 2.40. The van der Waals surface area contributed by atoms with E-state index in [9.17, 15) is 0 Å². The Morgan fingerprint density at radius 3 is 1.84 bits per heavy atom. The molecule has 0 radical (unpaired) electrons. The van der Waals surface area contributed by atoms with Crippen molar-refractivity contribution in [1.29, 1.82) is 0 Å². The van der Waals surface area contributed by atoms with E-state index in [0.717, 1.165) is 18.4 Å². The molecule has 0 unspecified atom stereocenters. The Labute approximate surface area is 123 Å². The van der Waals surface area contributed by atoms with Gasteiger partial charge in [0.2, 0.25) is 0 Å². The molecular weight excluding hydrogens is 230 g/mol. The van der Waals surface area contributed by atoms with Gasteiger partial charge in [0.05, 0.1) is 0 Å². The third kappa shape index (κ3) is 17.7. The summed E-state index contributed by atoms with van der Waals surface area (Å²) in [6.07, 6.45) is 9.56. The Morgan fingerprint density at radius 1 is 1.11 bits per heavy atom. The largest absolute Gasteiger partial charge is 0.320 e. The van der Waals surface area contributed by atoms with Gasteiger partial charge in [0.15, 0.2) is 0 Å². The summed E-state index contributed by atoms with van der Waals surface area (Å²) in [5.41, 5.74) is 1.49. The summed E-state index contributed by atoms with van der Waals surface area (Å²) in [5.74, 6) is 1.71. The molecule has 1 N–H and O–H groups in total. The molecule has 0 spiro atoms. The molecule has 1 saturated carbocycles. The van der Waals surface area contributed by atoms with E-state index in [4.69, 9.17) is 0 Å². The maximum atomic E-state index is 4.10. The molecule has 1 aliphatic carbocycles. The standard InChI is InChI=1S/C10H18.C4H11N.C4H10/c1-3-9(2)10-7-5-4-6-8-10;1-3-4-5-2;1-4(2)3/h10H,2-8H2,1H3;5H,3-4H2,1-2H3;4H,1-3H3. The fourth-order valence-corrected chi connectivity index (χ4v) is 2.05. The van der Waals surface area contributed by atoms with Crippen molar-refractivity contribution >= 4 is 0 Å². The van der Waals surface area contributed by atoms with Crippen LogP contribution in [-0.4, -0.2) is 13.6 Å². The lowest BCUT2D eigenvalue weighted by Gasteiger charge is -2.22. The highest BCUT2D eigenvalue weighted by Gasteiger charge is 2.14. The van der Waals surface area contributed by atoms with E-state index >= 15 is 0 Å². The van der Waals surface area contributed by atoms with Gasteiger partial charge in [-0.05, 0) is 51.1 Å². The molecule has 0 aromatic carbocycles. The van der Waals surface area contributed by atoms with Crippen molar-refractivity contribution in [3.8, 4) is 0 Å². The lowest BCUT2D eigenvalue weighted by atomic mass is 9.83. The second kappa shape index (κ2) is 15.8. The summed E-state index contributed by atoms with van der Waals surface area (Å²) < 4.78 is 0. The minimum absolute atomic E-state index is 0.833. The summed E-state index contributed by atoms with van der Waals surface area (Å²) in [6.45, 7) is 16.1. The van der Waals surface area contributed by atoms with Crippen LogP contribution in [0.25, 0.3) is 0 Å². The van der Waals surface area contributed by atoms with Crippen molar-refractivity contribution in [3.05, 3.63) is 12.2 Å². The monoisotopic (exact) mass is 269 g/mol. The molecule has 116 valence electrons. The van der Waals surface area contributed by atoms with Crippen molar-refractivity contribution in [2.24, 2.45) is 11.8 Å². The van der Waals surface area contributed by atoms with Gasteiger partial charge in [0, 0.05) is 0 Å². The normalized spacial score (nSPS) is 15.1. The van der Waals surface area contributed by atoms with Crippen LogP contribution < -0.4 is 5.32 Å². The van der Waals surface area contributed by atoms with E-state index in [1.807, 2.05) is 7.05 Å². The zero-order chi connectivity index (χ0) is 15.1. The molecule has 1 rings (SSSR count). The lowest BCUT2D eigenvalue weighted by Crippen LogP contribution is -2.07. The minimum atomic E-state index is 0.833. The van der Waals surface area contributed by atoms with Gasteiger partial charge in [0.25, 0.3) is 0 Å². The number of allylic oxidation sites excluding steroid dienone is 1. The molecule has 1 nitrogen and oxygen atoms in total. The summed E-state index contributed by atoms with van der Waals surface area (Å²) in [5, 5.41) is 3.02. The maximum absolute atomic E-state index is 4.10. The molecule has 0 amide bonds. The smallest absolute Gasteiger partial charge is 0.00546 e. The van der Waals surface area contributed by atoms with Crippen LogP contribution in [0.1, 0.15) is 79.6 Å². The molecule has 0 aromatic heterocycles. The van der Waals surface area contributed by atoms with E-state index in [1.165, 1.54) is 50.5 Å². The average molecular weight is 270 g/mol. The summed E-state index contributed by atoms with van der Waals surface area (Å²) in [6, 6.07) is 0. The third-order valence-corrected chi connectivity index (χ3v) is 3.14. The lowest BCUT2D eigenvalue weighted by molar-refractivity contribution is 0.398. The predicted octanol–water partition coefficient (Wildman–Crippen LogP) is 5.81. The Morgan fingerprint density at radius 2 is 1.58 bits per heavy atom. The van der Waals surface area contributed by atoms with Gasteiger partial charge >= 0.3 is 0 Å². The summed E-state index contributed by atoms with van der Waals surface area (Å²) in [7, 11) is 1.96. The predicted molar refractivity (Wildman–Crippen MR) is 90.7 cm³/mol. The van der Waals surface area contributed by atoms with Crippen LogP contribution in [0.4, 0.5) is 0 Å². The first-order chi connectivity index (χ1) is 8.99. The first-order valence-corrected chi connectivity index (χ1v) is 8.31. The molecule has 19 heavy (non-hydrogen) atoms. The quantitative estimate of drug-likeness (QED) is 0.635. The van der Waals surface area contributed by atoms with Crippen molar-refractivity contribution in [2.75, 3.05) is 13.6 Å². The summed E-state index contributed by atoms with van der Waals surface area (Å²) >= 11 is 0. The van der Waals surface area contributed by atoms with E-state index in [-0.39, 0.29) is 0 Å². The summed E-state index contributed by atoms with van der Waals surface area (Å²) in [4.78, 5) is 0. The van der Waals surface area contributed by atoms with Crippen molar-refractivity contribution in [1.82, 2.24) is 5.32 Å². The second-order valence-electron chi connectivity index (χ2n) is 6.18. The zero-order valence-corrected chi connectivity index (χ0v) is 14.5. The highest BCUT2D eigenvalue weighted by atomic mass is 14.8. The first-order valence-electron chi connectivity index (χ1n) is 8.31. The van der Waals surface area contributed by atoms with Gasteiger partial charge in [-0.1, -0.05) is 66.0 Å². The van der Waals surface area contributed by atoms with Crippen LogP contribution in [0, 0.1) is 11.8 Å². The molecule has 0 bridgehead atoms. The SMILES string of the molecule is C=C(CC)C1CCCCC1.CC(C)C.CCCNC. The van der Waals surface area contributed by atoms with Crippen LogP contribution in [0.2, 0.25) is 0 Å². The molecule has 0 atom stereocenters. The topological polar surface area (TPSA) is 12.0 Å². The van der Waals surface area contributed by atoms with E-state index in [0.29, 0.717) is 0 Å². The highest BCUT2D eigenvalue weighted by Crippen LogP contribution is 2.29. The Kier molecular flexibility index (Phi) is 17.4.